The highest BCUT2D eigenvalue weighted by atomic mass is 16.5. The van der Waals surface area contributed by atoms with E-state index in [-0.39, 0.29) is 0 Å². The van der Waals surface area contributed by atoms with Gasteiger partial charge >= 0.3 is 0 Å². The van der Waals surface area contributed by atoms with Crippen LogP contribution in [0.25, 0.3) is 10.9 Å². The number of terminal acetylenes is 1. The third-order valence-corrected chi connectivity index (χ3v) is 2.94. The van der Waals surface area contributed by atoms with Gasteiger partial charge in [0.1, 0.15) is 5.75 Å². The normalized spacial score (nSPS) is 10.4. The number of unbranched alkanes of at least 4 members (excludes halogenated alkanes) is 1. The molecule has 0 amide bonds. The first-order chi connectivity index (χ1) is 8.85. The number of fused-ring (bicyclic) bond motifs is 1. The van der Waals surface area contributed by atoms with Crippen molar-refractivity contribution in [3.05, 3.63) is 30.5 Å². The molecule has 2 aromatic rings. The van der Waals surface area contributed by atoms with E-state index < -0.39 is 0 Å². The van der Waals surface area contributed by atoms with Crippen LogP contribution in [0, 0.1) is 12.3 Å². The summed E-state index contributed by atoms with van der Waals surface area (Å²) in [7, 11) is 0. The molecule has 0 N–H and O–H groups in total. The van der Waals surface area contributed by atoms with Crippen LogP contribution in [-0.2, 0) is 6.54 Å². The zero-order valence-corrected chi connectivity index (χ0v) is 10.9. The highest BCUT2D eigenvalue weighted by Crippen LogP contribution is 2.22. The SMILES string of the molecule is C#CCCCn1ccc2cc(OCCC)ccc21. The number of aryl methyl sites for hydroxylation is 1. The smallest absolute Gasteiger partial charge is 0.120 e. The standard InChI is InChI=1S/C16H19NO/c1-3-5-6-10-17-11-9-14-13-15(18-12-4-2)7-8-16(14)17/h1,7-9,11,13H,4-6,10,12H2,2H3. The molecule has 1 heterocycles. The molecule has 1 aromatic carbocycles. The van der Waals surface area contributed by atoms with Crippen LogP contribution in [-0.4, -0.2) is 11.2 Å². The molecule has 94 valence electrons. The van der Waals surface area contributed by atoms with Gasteiger partial charge in [-0.3, -0.25) is 0 Å². The molecule has 0 spiro atoms. The maximum Gasteiger partial charge on any atom is 0.120 e. The molecule has 1 aromatic heterocycles. The summed E-state index contributed by atoms with van der Waals surface area (Å²) in [5.41, 5.74) is 1.25. The van der Waals surface area contributed by atoms with Crippen molar-refractivity contribution in [3.8, 4) is 18.1 Å². The van der Waals surface area contributed by atoms with E-state index in [9.17, 15) is 0 Å². The van der Waals surface area contributed by atoms with Crippen LogP contribution >= 0.6 is 0 Å². The van der Waals surface area contributed by atoms with Crippen molar-refractivity contribution in [2.24, 2.45) is 0 Å². The Balaban J connectivity index is 2.13. The third kappa shape index (κ3) is 2.87. The van der Waals surface area contributed by atoms with Gasteiger partial charge in [0.05, 0.1) is 6.61 Å². The lowest BCUT2D eigenvalue weighted by atomic mass is 10.2. The van der Waals surface area contributed by atoms with E-state index in [1.54, 1.807) is 0 Å². The summed E-state index contributed by atoms with van der Waals surface area (Å²) in [6, 6.07) is 8.39. The minimum absolute atomic E-state index is 0.772. The summed E-state index contributed by atoms with van der Waals surface area (Å²) in [5.74, 6) is 3.63. The Hall–Kier alpha value is -1.88. The fraction of sp³-hybridized carbons (Fsp3) is 0.375. The van der Waals surface area contributed by atoms with Gasteiger partial charge in [-0.15, -0.1) is 12.3 Å². The molecule has 0 fully saturated rings. The van der Waals surface area contributed by atoms with Crippen molar-refractivity contribution < 1.29 is 4.74 Å². The van der Waals surface area contributed by atoms with E-state index in [1.807, 2.05) is 6.07 Å². The zero-order chi connectivity index (χ0) is 12.8. The average molecular weight is 241 g/mol. The fourth-order valence-corrected chi connectivity index (χ4v) is 2.03. The van der Waals surface area contributed by atoms with Crippen LogP contribution < -0.4 is 4.74 Å². The molecule has 2 nitrogen and oxygen atoms in total. The van der Waals surface area contributed by atoms with Crippen molar-refractivity contribution in [1.29, 1.82) is 0 Å². The molecule has 0 unspecified atom stereocenters. The van der Waals surface area contributed by atoms with Gasteiger partial charge in [0.2, 0.25) is 0 Å². The number of hydrogen-bond acceptors (Lipinski definition) is 1. The summed E-state index contributed by atoms with van der Waals surface area (Å²) in [5, 5.41) is 1.23. The van der Waals surface area contributed by atoms with E-state index >= 15 is 0 Å². The molecule has 0 radical (unpaired) electrons. The van der Waals surface area contributed by atoms with Gasteiger partial charge in [0.15, 0.2) is 0 Å². The largest absolute Gasteiger partial charge is 0.494 e. The van der Waals surface area contributed by atoms with Crippen LogP contribution in [0.1, 0.15) is 26.2 Å². The van der Waals surface area contributed by atoms with Crippen LogP contribution in [0.15, 0.2) is 30.5 Å². The molecular weight excluding hydrogens is 222 g/mol. The van der Waals surface area contributed by atoms with E-state index in [4.69, 9.17) is 11.2 Å². The molecule has 0 saturated carbocycles. The van der Waals surface area contributed by atoms with Crippen molar-refractivity contribution in [2.45, 2.75) is 32.7 Å². The second-order valence-electron chi connectivity index (χ2n) is 4.39. The van der Waals surface area contributed by atoms with Gasteiger partial charge in [-0.1, -0.05) is 6.92 Å². The molecule has 0 aliphatic heterocycles. The number of aromatic nitrogens is 1. The van der Waals surface area contributed by atoms with E-state index in [0.717, 1.165) is 38.2 Å². The second kappa shape index (κ2) is 6.16. The zero-order valence-electron chi connectivity index (χ0n) is 10.9. The molecular formula is C16H19NO. The number of ether oxygens (including phenoxy) is 1. The Morgan fingerprint density at radius 1 is 1.33 bits per heavy atom. The molecule has 0 atom stereocenters. The number of rotatable bonds is 6. The molecule has 0 aliphatic carbocycles. The highest BCUT2D eigenvalue weighted by molar-refractivity contribution is 5.81. The van der Waals surface area contributed by atoms with Gasteiger partial charge in [-0.05, 0) is 37.1 Å². The molecule has 18 heavy (non-hydrogen) atoms. The minimum atomic E-state index is 0.772. The number of hydrogen-bond donors (Lipinski definition) is 0. The van der Waals surface area contributed by atoms with Crippen molar-refractivity contribution in [2.75, 3.05) is 6.61 Å². The minimum Gasteiger partial charge on any atom is -0.494 e. The van der Waals surface area contributed by atoms with E-state index in [0.29, 0.717) is 0 Å². The number of benzene rings is 1. The van der Waals surface area contributed by atoms with Gasteiger partial charge in [-0.2, -0.15) is 0 Å². The Morgan fingerprint density at radius 2 is 2.22 bits per heavy atom. The lowest BCUT2D eigenvalue weighted by molar-refractivity contribution is 0.318. The van der Waals surface area contributed by atoms with Gasteiger partial charge in [-0.25, -0.2) is 0 Å². The molecule has 0 saturated heterocycles. The molecule has 2 rings (SSSR count). The van der Waals surface area contributed by atoms with Crippen LogP contribution in [0.5, 0.6) is 5.75 Å². The van der Waals surface area contributed by atoms with Gasteiger partial charge < -0.3 is 9.30 Å². The highest BCUT2D eigenvalue weighted by Gasteiger charge is 2.02. The summed E-state index contributed by atoms with van der Waals surface area (Å²) in [6.45, 7) is 3.86. The van der Waals surface area contributed by atoms with E-state index in [1.165, 1.54) is 10.9 Å². The fourth-order valence-electron chi connectivity index (χ4n) is 2.03. The Kier molecular flexibility index (Phi) is 4.30. The molecule has 2 heteroatoms. The summed E-state index contributed by atoms with van der Waals surface area (Å²) >= 11 is 0. The predicted octanol–water partition coefficient (Wildman–Crippen LogP) is 3.84. The molecule has 0 aliphatic rings. The first kappa shape index (κ1) is 12.6. The average Bonchev–Trinajstić information content (AvgIpc) is 2.79. The number of nitrogens with zero attached hydrogens (tertiary/aromatic N) is 1. The van der Waals surface area contributed by atoms with Gasteiger partial charge in [0.25, 0.3) is 0 Å². The van der Waals surface area contributed by atoms with Crippen molar-refractivity contribution in [1.82, 2.24) is 4.57 Å². The predicted molar refractivity (Wildman–Crippen MR) is 75.8 cm³/mol. The van der Waals surface area contributed by atoms with Crippen LogP contribution in [0.4, 0.5) is 0 Å². The summed E-state index contributed by atoms with van der Waals surface area (Å²) in [6.07, 6.45) is 10.3. The Labute approximate surface area is 109 Å². The Morgan fingerprint density at radius 3 is 3.00 bits per heavy atom. The lowest BCUT2D eigenvalue weighted by Crippen LogP contribution is -1.96. The second-order valence-corrected chi connectivity index (χ2v) is 4.39. The third-order valence-electron chi connectivity index (χ3n) is 2.94. The maximum atomic E-state index is 5.64. The lowest BCUT2D eigenvalue weighted by Gasteiger charge is -2.06. The first-order valence-electron chi connectivity index (χ1n) is 6.50. The van der Waals surface area contributed by atoms with Crippen molar-refractivity contribution >= 4 is 10.9 Å². The van der Waals surface area contributed by atoms with E-state index in [2.05, 4.69) is 41.8 Å². The van der Waals surface area contributed by atoms with Gasteiger partial charge in [0, 0.05) is 30.1 Å². The maximum absolute atomic E-state index is 5.64. The monoisotopic (exact) mass is 241 g/mol. The van der Waals surface area contributed by atoms with Crippen LogP contribution in [0.3, 0.4) is 0 Å². The Bertz CT molecular complexity index is 548. The van der Waals surface area contributed by atoms with Crippen molar-refractivity contribution in [3.63, 3.8) is 0 Å². The molecule has 0 bridgehead atoms. The topological polar surface area (TPSA) is 14.2 Å². The summed E-state index contributed by atoms with van der Waals surface area (Å²) < 4.78 is 7.88. The summed E-state index contributed by atoms with van der Waals surface area (Å²) in [4.78, 5) is 0. The quantitative estimate of drug-likeness (QED) is 0.553. The first-order valence-corrected chi connectivity index (χ1v) is 6.50. The van der Waals surface area contributed by atoms with Crippen LogP contribution in [0.2, 0.25) is 0 Å².